The smallest absolute Gasteiger partial charge is 0.225 e. The summed E-state index contributed by atoms with van der Waals surface area (Å²) in [5.74, 6) is 0.317. The molecule has 0 rings (SSSR count). The molecule has 0 saturated heterocycles. The Morgan fingerprint density at radius 2 is 2.08 bits per heavy atom. The Bertz CT molecular complexity index is 148. The van der Waals surface area contributed by atoms with Crippen molar-refractivity contribution in [2.75, 3.05) is 19.7 Å². The molecular weight excluding hydrogens is 166 g/mol. The van der Waals surface area contributed by atoms with Crippen LogP contribution in [0.3, 0.4) is 0 Å². The van der Waals surface area contributed by atoms with E-state index in [-0.39, 0.29) is 18.4 Å². The van der Waals surface area contributed by atoms with Crippen molar-refractivity contribution in [1.29, 1.82) is 0 Å². The van der Waals surface area contributed by atoms with Crippen LogP contribution in [-0.4, -0.2) is 35.6 Å². The highest BCUT2D eigenvalue weighted by atomic mass is 16.3. The van der Waals surface area contributed by atoms with Crippen LogP contribution in [0.5, 0.6) is 0 Å². The fourth-order valence-corrected chi connectivity index (χ4v) is 1.17. The van der Waals surface area contributed by atoms with Crippen LogP contribution in [-0.2, 0) is 4.79 Å². The Morgan fingerprint density at radius 1 is 1.46 bits per heavy atom. The second-order valence-corrected chi connectivity index (χ2v) is 3.30. The summed E-state index contributed by atoms with van der Waals surface area (Å²) in [7, 11) is 0. The maximum absolute atomic E-state index is 11.7. The molecule has 13 heavy (non-hydrogen) atoms. The molecule has 0 aliphatic rings. The molecule has 3 heteroatoms. The van der Waals surface area contributed by atoms with Crippen molar-refractivity contribution >= 4 is 5.91 Å². The molecule has 1 atom stereocenters. The summed E-state index contributed by atoms with van der Waals surface area (Å²) >= 11 is 0. The normalized spacial score (nSPS) is 12.6. The Balaban J connectivity index is 3.98. The van der Waals surface area contributed by atoms with E-state index in [0.717, 1.165) is 13.0 Å². The van der Waals surface area contributed by atoms with Gasteiger partial charge < -0.3 is 10.0 Å². The minimum atomic E-state index is 0.110. The average Bonchev–Trinajstić information content (AvgIpc) is 2.17. The SMILES string of the molecule is CCC(C)C(=O)N(CC)CCCO. The van der Waals surface area contributed by atoms with E-state index in [1.54, 1.807) is 0 Å². The second kappa shape index (κ2) is 6.89. The fraction of sp³-hybridized carbons (Fsp3) is 0.900. The average molecular weight is 187 g/mol. The first-order chi connectivity index (χ1) is 6.17. The van der Waals surface area contributed by atoms with Gasteiger partial charge in [0.25, 0.3) is 0 Å². The summed E-state index contributed by atoms with van der Waals surface area (Å²) in [6.45, 7) is 7.51. The van der Waals surface area contributed by atoms with Crippen LogP contribution in [0.25, 0.3) is 0 Å². The summed E-state index contributed by atoms with van der Waals surface area (Å²) < 4.78 is 0. The molecule has 0 bridgehead atoms. The van der Waals surface area contributed by atoms with Gasteiger partial charge in [-0.15, -0.1) is 0 Å². The van der Waals surface area contributed by atoms with Crippen molar-refractivity contribution in [3.8, 4) is 0 Å². The van der Waals surface area contributed by atoms with Crippen LogP contribution in [0, 0.1) is 5.92 Å². The quantitative estimate of drug-likeness (QED) is 0.680. The van der Waals surface area contributed by atoms with Gasteiger partial charge in [0.05, 0.1) is 0 Å². The zero-order chi connectivity index (χ0) is 10.3. The van der Waals surface area contributed by atoms with Crippen LogP contribution in [0.1, 0.15) is 33.6 Å². The molecule has 0 saturated carbocycles. The van der Waals surface area contributed by atoms with Gasteiger partial charge in [-0.2, -0.15) is 0 Å². The van der Waals surface area contributed by atoms with E-state index in [0.29, 0.717) is 13.0 Å². The molecular formula is C10H21NO2. The van der Waals surface area contributed by atoms with Crippen molar-refractivity contribution in [2.24, 2.45) is 5.92 Å². The van der Waals surface area contributed by atoms with Gasteiger partial charge in [0.15, 0.2) is 0 Å². The summed E-state index contributed by atoms with van der Waals surface area (Å²) in [4.78, 5) is 13.5. The van der Waals surface area contributed by atoms with Gasteiger partial charge in [-0.1, -0.05) is 13.8 Å². The standard InChI is InChI=1S/C10H21NO2/c1-4-9(3)10(13)11(5-2)7-6-8-12/h9,12H,4-8H2,1-3H3. The summed E-state index contributed by atoms with van der Waals surface area (Å²) in [5, 5.41) is 8.65. The van der Waals surface area contributed by atoms with Crippen molar-refractivity contribution < 1.29 is 9.90 Å². The van der Waals surface area contributed by atoms with Crippen LogP contribution in [0.2, 0.25) is 0 Å². The lowest BCUT2D eigenvalue weighted by molar-refractivity contribution is -0.135. The zero-order valence-corrected chi connectivity index (χ0v) is 8.92. The molecule has 0 heterocycles. The van der Waals surface area contributed by atoms with Crippen LogP contribution in [0.15, 0.2) is 0 Å². The highest BCUT2D eigenvalue weighted by Gasteiger charge is 2.16. The Hall–Kier alpha value is -0.570. The number of rotatable bonds is 6. The van der Waals surface area contributed by atoms with Gasteiger partial charge in [0.2, 0.25) is 5.91 Å². The fourth-order valence-electron chi connectivity index (χ4n) is 1.17. The predicted octanol–water partition coefficient (Wildman–Crippen LogP) is 1.26. The minimum absolute atomic E-state index is 0.110. The molecule has 0 spiro atoms. The van der Waals surface area contributed by atoms with Gasteiger partial charge >= 0.3 is 0 Å². The first-order valence-electron chi connectivity index (χ1n) is 5.06. The number of hydrogen-bond acceptors (Lipinski definition) is 2. The zero-order valence-electron chi connectivity index (χ0n) is 8.92. The number of carbonyl (C=O) groups is 1. The number of aliphatic hydroxyl groups is 1. The van der Waals surface area contributed by atoms with E-state index in [1.807, 2.05) is 25.7 Å². The van der Waals surface area contributed by atoms with E-state index >= 15 is 0 Å². The van der Waals surface area contributed by atoms with E-state index in [1.165, 1.54) is 0 Å². The lowest BCUT2D eigenvalue weighted by Gasteiger charge is -2.23. The second-order valence-electron chi connectivity index (χ2n) is 3.30. The lowest BCUT2D eigenvalue weighted by Crippen LogP contribution is -2.35. The Kier molecular flexibility index (Phi) is 6.59. The van der Waals surface area contributed by atoms with Gasteiger partial charge in [0, 0.05) is 25.6 Å². The molecule has 1 N–H and O–H groups in total. The largest absolute Gasteiger partial charge is 0.396 e. The van der Waals surface area contributed by atoms with Crippen molar-refractivity contribution in [3.63, 3.8) is 0 Å². The highest BCUT2D eigenvalue weighted by Crippen LogP contribution is 2.06. The monoisotopic (exact) mass is 187 g/mol. The number of aliphatic hydroxyl groups excluding tert-OH is 1. The molecule has 0 radical (unpaired) electrons. The third-order valence-electron chi connectivity index (χ3n) is 2.31. The maximum atomic E-state index is 11.7. The number of carbonyl (C=O) groups excluding carboxylic acids is 1. The van der Waals surface area contributed by atoms with Gasteiger partial charge in [0.1, 0.15) is 0 Å². The highest BCUT2D eigenvalue weighted by molar-refractivity contribution is 5.78. The van der Waals surface area contributed by atoms with Gasteiger partial charge in [-0.25, -0.2) is 0 Å². The maximum Gasteiger partial charge on any atom is 0.225 e. The molecule has 0 aliphatic carbocycles. The first-order valence-corrected chi connectivity index (χ1v) is 5.06. The van der Waals surface area contributed by atoms with Crippen molar-refractivity contribution in [1.82, 2.24) is 4.90 Å². The molecule has 0 aliphatic heterocycles. The minimum Gasteiger partial charge on any atom is -0.396 e. The van der Waals surface area contributed by atoms with Crippen molar-refractivity contribution in [2.45, 2.75) is 33.6 Å². The molecule has 0 aromatic rings. The van der Waals surface area contributed by atoms with E-state index < -0.39 is 0 Å². The predicted molar refractivity (Wildman–Crippen MR) is 53.4 cm³/mol. The topological polar surface area (TPSA) is 40.5 Å². The summed E-state index contributed by atoms with van der Waals surface area (Å²) in [5.41, 5.74) is 0. The Morgan fingerprint density at radius 3 is 2.46 bits per heavy atom. The van der Waals surface area contributed by atoms with Gasteiger partial charge in [-0.05, 0) is 19.8 Å². The van der Waals surface area contributed by atoms with Crippen LogP contribution in [0.4, 0.5) is 0 Å². The molecule has 78 valence electrons. The van der Waals surface area contributed by atoms with Crippen LogP contribution >= 0.6 is 0 Å². The first kappa shape index (κ1) is 12.4. The third-order valence-corrected chi connectivity index (χ3v) is 2.31. The van der Waals surface area contributed by atoms with E-state index in [4.69, 9.17) is 5.11 Å². The summed E-state index contributed by atoms with van der Waals surface area (Å²) in [6, 6.07) is 0. The number of nitrogens with zero attached hydrogens (tertiary/aromatic N) is 1. The molecule has 1 amide bonds. The molecule has 0 aromatic carbocycles. The van der Waals surface area contributed by atoms with E-state index in [2.05, 4.69) is 0 Å². The van der Waals surface area contributed by atoms with Crippen molar-refractivity contribution in [3.05, 3.63) is 0 Å². The number of hydrogen-bond donors (Lipinski definition) is 1. The lowest BCUT2D eigenvalue weighted by atomic mass is 10.1. The van der Waals surface area contributed by atoms with E-state index in [9.17, 15) is 4.79 Å². The summed E-state index contributed by atoms with van der Waals surface area (Å²) in [6.07, 6.45) is 1.56. The van der Waals surface area contributed by atoms with Gasteiger partial charge in [-0.3, -0.25) is 4.79 Å². The molecule has 3 nitrogen and oxygen atoms in total. The molecule has 1 unspecified atom stereocenters. The molecule has 0 aromatic heterocycles. The molecule has 0 fully saturated rings. The third kappa shape index (κ3) is 4.27. The number of amides is 1. The Labute approximate surface area is 80.7 Å². The van der Waals surface area contributed by atoms with Crippen LogP contribution < -0.4 is 0 Å².